The van der Waals surface area contributed by atoms with Crippen LogP contribution in [-0.4, -0.2) is 14.5 Å². The molecule has 3 heterocycles. The van der Waals surface area contributed by atoms with E-state index in [-0.39, 0.29) is 12.1 Å². The van der Waals surface area contributed by atoms with Gasteiger partial charge in [0.15, 0.2) is 0 Å². The Labute approximate surface area is 142 Å². The van der Waals surface area contributed by atoms with Gasteiger partial charge in [-0.25, -0.2) is 9.97 Å². The van der Waals surface area contributed by atoms with E-state index in [0.29, 0.717) is 11.3 Å². The number of oxazole rings is 1. The molecule has 120 valence electrons. The fourth-order valence-electron chi connectivity index (χ4n) is 2.66. The van der Waals surface area contributed by atoms with Gasteiger partial charge in [-0.1, -0.05) is 30.3 Å². The van der Waals surface area contributed by atoms with Crippen molar-refractivity contribution in [3.05, 3.63) is 69.7 Å². The molecule has 0 aliphatic carbocycles. The molecule has 0 aliphatic heterocycles. The van der Waals surface area contributed by atoms with Gasteiger partial charge in [-0.05, 0) is 19.4 Å². The molecule has 0 aliphatic rings. The molecule has 5 nitrogen and oxygen atoms in total. The number of rotatable bonds is 3. The lowest BCUT2D eigenvalue weighted by Gasteiger charge is -2.04. The van der Waals surface area contributed by atoms with E-state index in [2.05, 4.69) is 9.97 Å². The van der Waals surface area contributed by atoms with Crippen molar-refractivity contribution in [2.24, 2.45) is 0 Å². The molecule has 0 N–H and O–H groups in total. The lowest BCUT2D eigenvalue weighted by atomic mass is 10.1. The van der Waals surface area contributed by atoms with E-state index >= 15 is 0 Å². The molecule has 0 amide bonds. The second kappa shape index (κ2) is 5.72. The van der Waals surface area contributed by atoms with Crippen molar-refractivity contribution < 1.29 is 4.42 Å². The van der Waals surface area contributed by atoms with Crippen LogP contribution in [0, 0.1) is 13.8 Å². The van der Waals surface area contributed by atoms with E-state index in [1.54, 1.807) is 10.9 Å². The summed E-state index contributed by atoms with van der Waals surface area (Å²) >= 11 is 1.48. The number of benzene rings is 1. The highest BCUT2D eigenvalue weighted by Gasteiger charge is 2.14. The van der Waals surface area contributed by atoms with E-state index in [4.69, 9.17) is 4.42 Å². The molecule has 4 aromatic rings. The van der Waals surface area contributed by atoms with Crippen molar-refractivity contribution in [2.75, 3.05) is 0 Å². The smallest absolute Gasteiger partial charge is 0.263 e. The first kappa shape index (κ1) is 14.8. The van der Waals surface area contributed by atoms with Crippen molar-refractivity contribution in [2.45, 2.75) is 20.4 Å². The Balaban J connectivity index is 1.84. The number of aromatic nitrogens is 3. The summed E-state index contributed by atoms with van der Waals surface area (Å²) in [6, 6.07) is 9.89. The standard InChI is InChI=1S/C18H15N3O2S/c1-11-12(2)23-15(20-11)8-21-10-19-17-16(18(21)22)14(9-24-17)13-6-4-3-5-7-13/h3-7,9-10H,8H2,1-2H3. The first-order chi connectivity index (χ1) is 11.6. The van der Waals surface area contributed by atoms with Gasteiger partial charge >= 0.3 is 0 Å². The van der Waals surface area contributed by atoms with Gasteiger partial charge in [0.05, 0.1) is 17.4 Å². The molecule has 1 aromatic carbocycles. The molecular weight excluding hydrogens is 322 g/mol. The van der Waals surface area contributed by atoms with Gasteiger partial charge in [-0.2, -0.15) is 0 Å². The summed E-state index contributed by atoms with van der Waals surface area (Å²) in [5, 5.41) is 2.63. The quantitative estimate of drug-likeness (QED) is 0.571. The molecule has 0 saturated heterocycles. The molecule has 0 atom stereocenters. The van der Waals surface area contributed by atoms with Crippen LogP contribution < -0.4 is 5.56 Å². The van der Waals surface area contributed by atoms with Crippen LogP contribution in [0.15, 0.2) is 51.3 Å². The van der Waals surface area contributed by atoms with E-state index in [1.165, 1.54) is 11.3 Å². The molecule has 6 heteroatoms. The fraction of sp³-hybridized carbons (Fsp3) is 0.167. The molecule has 4 rings (SSSR count). The summed E-state index contributed by atoms with van der Waals surface area (Å²) in [5.41, 5.74) is 2.70. The Morgan fingerprint density at radius 2 is 2.00 bits per heavy atom. The number of thiophene rings is 1. The van der Waals surface area contributed by atoms with E-state index in [9.17, 15) is 4.79 Å². The maximum Gasteiger partial charge on any atom is 0.263 e. The van der Waals surface area contributed by atoms with Gasteiger partial charge < -0.3 is 4.42 Å². The van der Waals surface area contributed by atoms with Crippen LogP contribution in [-0.2, 0) is 6.54 Å². The zero-order valence-electron chi connectivity index (χ0n) is 13.3. The number of hydrogen-bond donors (Lipinski definition) is 0. The Kier molecular flexibility index (Phi) is 3.54. The molecule has 0 fully saturated rings. The lowest BCUT2D eigenvalue weighted by Crippen LogP contribution is -2.21. The minimum atomic E-state index is -0.0754. The summed E-state index contributed by atoms with van der Waals surface area (Å²) in [6.45, 7) is 4.03. The SMILES string of the molecule is Cc1nc(Cn2cnc3scc(-c4ccccc4)c3c2=O)oc1C. The Morgan fingerprint density at radius 3 is 2.71 bits per heavy atom. The predicted molar refractivity (Wildman–Crippen MR) is 94.4 cm³/mol. The largest absolute Gasteiger partial charge is 0.444 e. The highest BCUT2D eigenvalue weighted by Crippen LogP contribution is 2.30. The van der Waals surface area contributed by atoms with Gasteiger partial charge in [0.25, 0.3) is 5.56 Å². The first-order valence-corrected chi connectivity index (χ1v) is 8.46. The number of aryl methyl sites for hydroxylation is 2. The van der Waals surface area contributed by atoms with Crippen LogP contribution in [0.4, 0.5) is 0 Å². The van der Waals surface area contributed by atoms with Crippen LogP contribution in [0.3, 0.4) is 0 Å². The van der Waals surface area contributed by atoms with Crippen molar-refractivity contribution in [3.8, 4) is 11.1 Å². The average Bonchev–Trinajstić information content (AvgIpc) is 3.15. The monoisotopic (exact) mass is 337 g/mol. The maximum atomic E-state index is 12.9. The van der Waals surface area contributed by atoms with Gasteiger partial charge in [-0.3, -0.25) is 9.36 Å². The Bertz CT molecular complexity index is 1060. The van der Waals surface area contributed by atoms with E-state index in [0.717, 1.165) is 27.4 Å². The van der Waals surface area contributed by atoms with Gasteiger partial charge in [-0.15, -0.1) is 11.3 Å². The zero-order valence-corrected chi connectivity index (χ0v) is 14.1. The van der Waals surface area contributed by atoms with E-state index in [1.807, 2.05) is 49.6 Å². The van der Waals surface area contributed by atoms with Crippen molar-refractivity contribution in [1.29, 1.82) is 0 Å². The summed E-state index contributed by atoms with van der Waals surface area (Å²) in [4.78, 5) is 22.5. The minimum Gasteiger partial charge on any atom is -0.444 e. The molecule has 0 spiro atoms. The predicted octanol–water partition coefficient (Wildman–Crippen LogP) is 3.78. The third-order valence-corrected chi connectivity index (χ3v) is 4.91. The van der Waals surface area contributed by atoms with Crippen LogP contribution >= 0.6 is 11.3 Å². The molecule has 0 bridgehead atoms. The van der Waals surface area contributed by atoms with Gasteiger partial charge in [0, 0.05) is 10.9 Å². The zero-order chi connectivity index (χ0) is 16.7. The second-order valence-corrected chi connectivity index (χ2v) is 6.48. The minimum absolute atomic E-state index is 0.0754. The molecule has 24 heavy (non-hydrogen) atoms. The average molecular weight is 337 g/mol. The molecule has 3 aromatic heterocycles. The topological polar surface area (TPSA) is 60.9 Å². The van der Waals surface area contributed by atoms with Gasteiger partial charge in [0.1, 0.15) is 17.1 Å². The van der Waals surface area contributed by atoms with Crippen LogP contribution in [0.2, 0.25) is 0 Å². The van der Waals surface area contributed by atoms with Crippen molar-refractivity contribution >= 4 is 21.6 Å². The molecular formula is C18H15N3O2S. The summed E-state index contributed by atoms with van der Waals surface area (Å²) in [7, 11) is 0. The van der Waals surface area contributed by atoms with Crippen molar-refractivity contribution in [3.63, 3.8) is 0 Å². The highest BCUT2D eigenvalue weighted by atomic mass is 32.1. The van der Waals surface area contributed by atoms with Crippen LogP contribution in [0.25, 0.3) is 21.3 Å². The molecule has 0 saturated carbocycles. The Morgan fingerprint density at radius 1 is 1.21 bits per heavy atom. The maximum absolute atomic E-state index is 12.9. The van der Waals surface area contributed by atoms with Crippen LogP contribution in [0.1, 0.15) is 17.3 Å². The molecule has 0 unspecified atom stereocenters. The third-order valence-electron chi connectivity index (χ3n) is 4.02. The summed E-state index contributed by atoms with van der Waals surface area (Å²) < 4.78 is 7.13. The summed E-state index contributed by atoms with van der Waals surface area (Å²) in [5.74, 6) is 1.29. The van der Waals surface area contributed by atoms with Crippen LogP contribution in [0.5, 0.6) is 0 Å². The first-order valence-electron chi connectivity index (χ1n) is 7.58. The lowest BCUT2D eigenvalue weighted by molar-refractivity contribution is 0.453. The fourth-order valence-corrected chi connectivity index (χ4v) is 3.57. The second-order valence-electron chi connectivity index (χ2n) is 5.62. The number of nitrogens with zero attached hydrogens (tertiary/aromatic N) is 3. The summed E-state index contributed by atoms with van der Waals surface area (Å²) in [6.07, 6.45) is 1.56. The highest BCUT2D eigenvalue weighted by molar-refractivity contribution is 7.17. The van der Waals surface area contributed by atoms with Gasteiger partial charge in [0.2, 0.25) is 5.89 Å². The number of hydrogen-bond acceptors (Lipinski definition) is 5. The Hall–Kier alpha value is -2.73. The van der Waals surface area contributed by atoms with Crippen molar-refractivity contribution in [1.82, 2.24) is 14.5 Å². The molecule has 0 radical (unpaired) electrons. The third kappa shape index (κ3) is 2.45. The normalized spacial score (nSPS) is 11.2. The van der Waals surface area contributed by atoms with E-state index < -0.39 is 0 Å². The number of fused-ring (bicyclic) bond motifs is 1.